The van der Waals surface area contributed by atoms with E-state index in [9.17, 15) is 13.2 Å². The number of sulfonamides is 1. The van der Waals surface area contributed by atoms with Crippen molar-refractivity contribution >= 4 is 32.3 Å². The van der Waals surface area contributed by atoms with E-state index in [2.05, 4.69) is 0 Å². The molecule has 0 fully saturated rings. The van der Waals surface area contributed by atoms with Crippen molar-refractivity contribution in [2.45, 2.75) is 11.8 Å². The summed E-state index contributed by atoms with van der Waals surface area (Å²) < 4.78 is 32.8. The van der Waals surface area contributed by atoms with Crippen molar-refractivity contribution in [3.05, 3.63) is 83.6 Å². The second kappa shape index (κ2) is 6.80. The number of carbonyl (C=O) groups is 1. The third kappa shape index (κ3) is 2.77. The summed E-state index contributed by atoms with van der Waals surface area (Å²) in [6, 6.07) is 19.6. The second-order valence-corrected chi connectivity index (χ2v) is 8.41. The number of likely N-dealkylation sites (N-methyl/N-ethyl adjacent to an activating group) is 1. The zero-order chi connectivity index (χ0) is 19.9. The van der Waals surface area contributed by atoms with Crippen molar-refractivity contribution in [1.29, 1.82) is 0 Å². The zero-order valence-electron chi connectivity index (χ0n) is 15.5. The molecule has 28 heavy (non-hydrogen) atoms. The van der Waals surface area contributed by atoms with Gasteiger partial charge in [-0.05, 0) is 35.9 Å². The van der Waals surface area contributed by atoms with Gasteiger partial charge < -0.3 is 4.74 Å². The van der Waals surface area contributed by atoms with E-state index in [-0.39, 0.29) is 16.4 Å². The number of carbonyl (C=O) groups excluding carboxylic acids is 1. The fraction of sp³-hybridized carbons (Fsp3) is 0.136. The Morgan fingerprint density at radius 3 is 2.39 bits per heavy atom. The average molecular weight is 393 g/mol. The molecule has 1 aliphatic rings. The van der Waals surface area contributed by atoms with Crippen LogP contribution in [0.5, 0.6) is 0 Å². The second-order valence-electron chi connectivity index (χ2n) is 6.47. The summed E-state index contributed by atoms with van der Waals surface area (Å²) >= 11 is 0. The van der Waals surface area contributed by atoms with Gasteiger partial charge in [0.15, 0.2) is 5.76 Å². The molecule has 3 aromatic carbocycles. The molecule has 1 aliphatic heterocycles. The lowest BCUT2D eigenvalue weighted by atomic mass is 10.0. The first-order chi connectivity index (χ1) is 13.4. The van der Waals surface area contributed by atoms with Gasteiger partial charge in [0.05, 0.1) is 11.5 Å². The van der Waals surface area contributed by atoms with Crippen molar-refractivity contribution in [1.82, 2.24) is 4.31 Å². The third-order valence-electron chi connectivity index (χ3n) is 4.82. The predicted octanol–water partition coefficient (Wildman–Crippen LogP) is 4.06. The number of fused-ring (bicyclic) bond motifs is 2. The summed E-state index contributed by atoms with van der Waals surface area (Å²) in [4.78, 5) is 13.5. The van der Waals surface area contributed by atoms with Gasteiger partial charge in [0.2, 0.25) is 5.78 Å². The van der Waals surface area contributed by atoms with E-state index in [4.69, 9.17) is 4.74 Å². The van der Waals surface area contributed by atoms with Gasteiger partial charge in [-0.2, -0.15) is 0 Å². The molecule has 0 radical (unpaired) electrons. The minimum Gasteiger partial charge on any atom is -0.491 e. The molecule has 0 saturated carbocycles. The summed E-state index contributed by atoms with van der Waals surface area (Å²) in [5.41, 5.74) is 0.842. The van der Waals surface area contributed by atoms with Crippen LogP contribution in [-0.2, 0) is 14.8 Å². The van der Waals surface area contributed by atoms with Gasteiger partial charge in [-0.3, -0.25) is 9.10 Å². The Balaban J connectivity index is 1.95. The van der Waals surface area contributed by atoms with Gasteiger partial charge in [0, 0.05) is 18.2 Å². The maximum atomic E-state index is 13.4. The van der Waals surface area contributed by atoms with Crippen LogP contribution in [0.25, 0.3) is 16.5 Å². The highest BCUT2D eigenvalue weighted by Crippen LogP contribution is 2.37. The highest BCUT2D eigenvalue weighted by atomic mass is 32.2. The van der Waals surface area contributed by atoms with E-state index in [1.165, 1.54) is 13.1 Å². The van der Waals surface area contributed by atoms with E-state index >= 15 is 0 Å². The van der Waals surface area contributed by atoms with Crippen LogP contribution in [0.4, 0.5) is 0 Å². The maximum absolute atomic E-state index is 13.4. The number of Topliss-reactive ketones (excluding diaryl/α,β-unsaturated/α-hetero) is 1. The molecule has 0 saturated heterocycles. The Morgan fingerprint density at radius 2 is 1.64 bits per heavy atom. The van der Waals surface area contributed by atoms with Gasteiger partial charge in [-0.15, -0.1) is 0 Å². The molecule has 5 nitrogen and oxygen atoms in total. The molecule has 142 valence electrons. The third-order valence-corrected chi connectivity index (χ3v) is 6.63. The molecule has 1 heterocycles. The fourth-order valence-corrected chi connectivity index (χ4v) is 4.81. The van der Waals surface area contributed by atoms with E-state index in [0.717, 1.165) is 15.1 Å². The minimum absolute atomic E-state index is 0.0239. The van der Waals surface area contributed by atoms with Gasteiger partial charge in [-0.25, -0.2) is 8.42 Å². The molecule has 0 bridgehead atoms. The molecule has 3 aromatic rings. The average Bonchev–Trinajstić information content (AvgIpc) is 2.72. The molecule has 0 unspecified atom stereocenters. The van der Waals surface area contributed by atoms with Gasteiger partial charge in [0.25, 0.3) is 10.0 Å². The van der Waals surface area contributed by atoms with Crippen LogP contribution in [0, 0.1) is 0 Å². The lowest BCUT2D eigenvalue weighted by Crippen LogP contribution is -2.35. The van der Waals surface area contributed by atoms with Crippen molar-refractivity contribution in [2.75, 3.05) is 13.7 Å². The number of benzene rings is 3. The Bertz CT molecular complexity index is 1230. The minimum atomic E-state index is -3.84. The lowest BCUT2D eigenvalue weighted by Gasteiger charge is -2.30. The van der Waals surface area contributed by atoms with Crippen LogP contribution in [0.15, 0.2) is 77.3 Å². The normalized spacial score (nSPS) is 15.4. The van der Waals surface area contributed by atoms with E-state index in [1.807, 2.05) is 30.3 Å². The van der Waals surface area contributed by atoms with E-state index in [0.29, 0.717) is 17.7 Å². The maximum Gasteiger partial charge on any atom is 0.265 e. The molecule has 0 aromatic heterocycles. The zero-order valence-corrected chi connectivity index (χ0v) is 16.4. The largest absolute Gasteiger partial charge is 0.491 e. The Kier molecular flexibility index (Phi) is 4.43. The van der Waals surface area contributed by atoms with Crippen LogP contribution in [-0.4, -0.2) is 32.2 Å². The number of rotatable bonds is 4. The monoisotopic (exact) mass is 393 g/mol. The molecule has 0 N–H and O–H groups in total. The SMILES string of the molecule is CCOC1=C(C(=O)c2ccc3ccccc3c2)N(C)S(=O)(=O)c2ccccc21. The van der Waals surface area contributed by atoms with Crippen LogP contribution in [0.3, 0.4) is 0 Å². The first kappa shape index (κ1) is 18.3. The summed E-state index contributed by atoms with van der Waals surface area (Å²) in [6.45, 7) is 2.11. The van der Waals surface area contributed by atoms with Crippen molar-refractivity contribution < 1.29 is 17.9 Å². The standard InChI is InChI=1S/C22H19NO4S/c1-3-27-22-18-10-6-7-11-19(18)28(25,26)23(2)20(22)21(24)17-13-12-15-8-4-5-9-16(15)14-17/h4-14H,3H2,1-2H3. The molecule has 0 aliphatic carbocycles. The van der Waals surface area contributed by atoms with Gasteiger partial charge >= 0.3 is 0 Å². The number of hydrogen-bond acceptors (Lipinski definition) is 4. The first-order valence-electron chi connectivity index (χ1n) is 8.94. The number of nitrogens with zero attached hydrogens (tertiary/aromatic N) is 1. The number of ether oxygens (including phenoxy) is 1. The van der Waals surface area contributed by atoms with Crippen molar-refractivity contribution in [2.24, 2.45) is 0 Å². The van der Waals surface area contributed by atoms with E-state index < -0.39 is 15.8 Å². The van der Waals surface area contributed by atoms with Crippen LogP contribution in [0.2, 0.25) is 0 Å². The van der Waals surface area contributed by atoms with Gasteiger partial charge in [0.1, 0.15) is 5.70 Å². The predicted molar refractivity (Wildman–Crippen MR) is 108 cm³/mol. The summed E-state index contributed by atoms with van der Waals surface area (Å²) in [5, 5.41) is 1.92. The molecular formula is C22H19NO4S. The van der Waals surface area contributed by atoms with E-state index in [1.54, 1.807) is 37.3 Å². The summed E-state index contributed by atoms with van der Waals surface area (Å²) in [5.74, 6) is -0.108. The van der Waals surface area contributed by atoms with Crippen molar-refractivity contribution in [3.63, 3.8) is 0 Å². The lowest BCUT2D eigenvalue weighted by molar-refractivity contribution is 0.101. The van der Waals surface area contributed by atoms with Crippen LogP contribution in [0.1, 0.15) is 22.8 Å². The van der Waals surface area contributed by atoms with Crippen molar-refractivity contribution in [3.8, 4) is 0 Å². The Labute approximate surface area is 163 Å². The molecule has 0 spiro atoms. The van der Waals surface area contributed by atoms with Crippen LogP contribution >= 0.6 is 0 Å². The highest BCUT2D eigenvalue weighted by Gasteiger charge is 2.38. The molecule has 4 rings (SSSR count). The Hall–Kier alpha value is -3.12. The molecule has 6 heteroatoms. The molecule has 0 amide bonds. The Morgan fingerprint density at radius 1 is 0.964 bits per heavy atom. The summed E-state index contributed by atoms with van der Waals surface area (Å²) in [7, 11) is -2.45. The topological polar surface area (TPSA) is 63.7 Å². The number of ketones is 1. The fourth-order valence-electron chi connectivity index (χ4n) is 3.42. The number of allylic oxidation sites excluding steroid dienone is 1. The first-order valence-corrected chi connectivity index (χ1v) is 10.4. The summed E-state index contributed by atoms with van der Waals surface area (Å²) in [6.07, 6.45) is 0. The highest BCUT2D eigenvalue weighted by molar-refractivity contribution is 7.89. The quantitative estimate of drug-likeness (QED) is 0.627. The number of hydrogen-bond donors (Lipinski definition) is 0. The van der Waals surface area contributed by atoms with Crippen LogP contribution < -0.4 is 0 Å². The smallest absolute Gasteiger partial charge is 0.265 e. The molecular weight excluding hydrogens is 374 g/mol. The molecule has 0 atom stereocenters. The van der Waals surface area contributed by atoms with Gasteiger partial charge in [-0.1, -0.05) is 48.5 Å².